The molecule has 0 heterocycles. The second-order valence-corrected chi connectivity index (χ2v) is 13.5. The third-order valence-electron chi connectivity index (χ3n) is 8.87. The van der Waals surface area contributed by atoms with E-state index in [4.69, 9.17) is 5.11 Å². The molecule has 0 atom stereocenters. The maximum Gasteiger partial charge on any atom is 0.256 e. The standard InChI is InChI=1S/C32H44NO2/c1-29(2)15-17-31(5,6)25-23(29)20-24-26(32(7,8)18-16-30(24,3)4)27(25)33-28(35)22-13-11-21(12-14-22)10-9-19-34/h11-13,20,34H,9-10,15-19H2,1-8H3,(H,33,35). The number of rotatable bonds is 5. The van der Waals surface area contributed by atoms with Crippen molar-refractivity contribution in [1.29, 1.82) is 0 Å². The lowest BCUT2D eigenvalue weighted by molar-refractivity contribution is 0.102. The van der Waals surface area contributed by atoms with Gasteiger partial charge in [0.05, 0.1) is 0 Å². The highest BCUT2D eigenvalue weighted by atomic mass is 16.2. The van der Waals surface area contributed by atoms with E-state index < -0.39 is 0 Å². The number of aliphatic hydroxyl groups excluding tert-OH is 1. The van der Waals surface area contributed by atoms with Gasteiger partial charge < -0.3 is 10.4 Å². The van der Waals surface area contributed by atoms with Crippen LogP contribution in [0.2, 0.25) is 0 Å². The van der Waals surface area contributed by atoms with Gasteiger partial charge in [-0.05, 0) is 100 Å². The molecule has 0 aromatic heterocycles. The molecule has 0 bridgehead atoms. The Morgan fingerprint density at radius 1 is 0.857 bits per heavy atom. The number of aliphatic hydroxyl groups is 1. The van der Waals surface area contributed by atoms with Crippen molar-refractivity contribution in [2.45, 2.75) is 116 Å². The molecule has 2 aromatic carbocycles. The average Bonchev–Trinajstić information content (AvgIpc) is 2.78. The summed E-state index contributed by atoms with van der Waals surface area (Å²) in [7, 11) is 0. The van der Waals surface area contributed by atoms with Crippen molar-refractivity contribution in [3.8, 4) is 0 Å². The number of carbonyl (C=O) groups excluding carboxylic acids is 1. The Morgan fingerprint density at radius 3 is 1.83 bits per heavy atom. The van der Waals surface area contributed by atoms with Gasteiger partial charge in [-0.3, -0.25) is 4.79 Å². The molecule has 0 saturated heterocycles. The summed E-state index contributed by atoms with van der Waals surface area (Å²) in [5.74, 6) is -0.0901. The smallest absolute Gasteiger partial charge is 0.256 e. The zero-order valence-electron chi connectivity index (χ0n) is 23.1. The van der Waals surface area contributed by atoms with Crippen LogP contribution in [0.1, 0.15) is 126 Å². The number of anilines is 1. The van der Waals surface area contributed by atoms with Crippen molar-refractivity contribution in [2.24, 2.45) is 0 Å². The third-order valence-corrected chi connectivity index (χ3v) is 8.87. The van der Waals surface area contributed by atoms with Crippen LogP contribution < -0.4 is 5.32 Å². The van der Waals surface area contributed by atoms with E-state index in [1.807, 2.05) is 18.2 Å². The number of carbonyl (C=O) groups is 1. The van der Waals surface area contributed by atoms with E-state index in [9.17, 15) is 4.79 Å². The summed E-state index contributed by atoms with van der Waals surface area (Å²) in [6.45, 7) is 19.0. The van der Waals surface area contributed by atoms with Crippen molar-refractivity contribution < 1.29 is 9.90 Å². The van der Waals surface area contributed by atoms with Gasteiger partial charge >= 0.3 is 0 Å². The van der Waals surface area contributed by atoms with Crippen LogP contribution in [0.3, 0.4) is 0 Å². The van der Waals surface area contributed by atoms with Gasteiger partial charge in [0.25, 0.3) is 5.91 Å². The highest BCUT2D eigenvalue weighted by Gasteiger charge is 2.46. The molecule has 2 N–H and O–H groups in total. The lowest BCUT2D eigenvalue weighted by Crippen LogP contribution is -2.41. The number of amides is 1. The molecular weight excluding hydrogens is 430 g/mol. The van der Waals surface area contributed by atoms with Crippen molar-refractivity contribution in [2.75, 3.05) is 11.9 Å². The molecule has 0 aliphatic heterocycles. The zero-order chi connectivity index (χ0) is 25.8. The molecule has 2 aliphatic carbocycles. The largest absolute Gasteiger partial charge is 0.396 e. The predicted octanol–water partition coefficient (Wildman–Crippen LogP) is 7.36. The second-order valence-electron chi connectivity index (χ2n) is 13.5. The Morgan fingerprint density at radius 2 is 1.37 bits per heavy atom. The Balaban J connectivity index is 1.89. The minimum absolute atomic E-state index is 0.0158. The van der Waals surface area contributed by atoms with E-state index in [2.05, 4.69) is 72.8 Å². The number of fused-ring (bicyclic) bond motifs is 2. The molecule has 2 aliphatic rings. The normalized spacial score (nSPS) is 21.1. The van der Waals surface area contributed by atoms with E-state index in [0.717, 1.165) is 49.8 Å². The van der Waals surface area contributed by atoms with Crippen LogP contribution in [0.25, 0.3) is 0 Å². The summed E-state index contributed by atoms with van der Waals surface area (Å²) in [5.41, 5.74) is 8.26. The van der Waals surface area contributed by atoms with Gasteiger partial charge in [0.15, 0.2) is 0 Å². The fourth-order valence-corrected chi connectivity index (χ4v) is 6.27. The van der Waals surface area contributed by atoms with Gasteiger partial charge in [-0.25, -0.2) is 0 Å². The van der Waals surface area contributed by atoms with E-state index in [0.29, 0.717) is 5.56 Å². The van der Waals surface area contributed by atoms with E-state index in [-0.39, 0.29) is 34.2 Å². The number of nitrogens with one attached hydrogen (secondary N) is 1. The van der Waals surface area contributed by atoms with Crippen molar-refractivity contribution in [3.63, 3.8) is 0 Å². The monoisotopic (exact) mass is 474 g/mol. The molecule has 3 heteroatoms. The summed E-state index contributed by atoms with van der Waals surface area (Å²) >= 11 is 0. The molecule has 4 rings (SSSR count). The lowest BCUT2D eigenvalue weighted by atomic mass is 9.56. The van der Waals surface area contributed by atoms with Gasteiger partial charge in [0, 0.05) is 17.9 Å². The maximum absolute atomic E-state index is 13.7. The molecule has 1 amide bonds. The van der Waals surface area contributed by atoms with Crippen molar-refractivity contribution in [3.05, 3.63) is 63.7 Å². The molecule has 35 heavy (non-hydrogen) atoms. The number of hydrogen-bond acceptors (Lipinski definition) is 2. The lowest BCUT2D eigenvalue weighted by Gasteiger charge is -2.49. The molecule has 0 fully saturated rings. The van der Waals surface area contributed by atoms with Crippen molar-refractivity contribution in [1.82, 2.24) is 0 Å². The van der Waals surface area contributed by atoms with Crippen LogP contribution in [0.4, 0.5) is 5.69 Å². The quantitative estimate of drug-likeness (QED) is 0.475. The molecule has 0 unspecified atom stereocenters. The zero-order valence-corrected chi connectivity index (χ0v) is 23.1. The van der Waals surface area contributed by atoms with Gasteiger partial charge in [0.2, 0.25) is 0 Å². The molecular formula is C32H44NO2. The Kier molecular flexibility index (Phi) is 6.50. The first kappa shape index (κ1) is 25.9. The van der Waals surface area contributed by atoms with Crippen LogP contribution in [0.5, 0.6) is 0 Å². The minimum Gasteiger partial charge on any atom is -0.396 e. The summed E-state index contributed by atoms with van der Waals surface area (Å²) in [6, 6.07) is 11.5. The van der Waals surface area contributed by atoms with Crippen LogP contribution in [0, 0.1) is 6.07 Å². The first-order valence-corrected chi connectivity index (χ1v) is 13.4. The third kappa shape index (κ3) is 4.69. The second kappa shape index (κ2) is 8.76. The van der Waals surface area contributed by atoms with Gasteiger partial charge in [-0.15, -0.1) is 0 Å². The molecule has 3 nitrogen and oxygen atoms in total. The summed E-state index contributed by atoms with van der Waals surface area (Å²) in [6.07, 6.45) is 6.00. The van der Waals surface area contributed by atoms with Crippen LogP contribution in [-0.4, -0.2) is 17.6 Å². The van der Waals surface area contributed by atoms with Crippen LogP contribution in [-0.2, 0) is 28.1 Å². The number of aryl methyl sites for hydroxylation is 1. The Labute approximate surface area is 212 Å². The number of hydrogen-bond donors (Lipinski definition) is 2. The van der Waals surface area contributed by atoms with Crippen LogP contribution in [0.15, 0.2) is 24.3 Å². The van der Waals surface area contributed by atoms with Gasteiger partial charge in [0.1, 0.15) is 0 Å². The summed E-state index contributed by atoms with van der Waals surface area (Å²) in [4.78, 5) is 13.7. The molecule has 1 radical (unpaired) electrons. The summed E-state index contributed by atoms with van der Waals surface area (Å²) in [5, 5.41) is 12.6. The highest BCUT2D eigenvalue weighted by molar-refractivity contribution is 6.05. The van der Waals surface area contributed by atoms with Crippen molar-refractivity contribution >= 4 is 11.6 Å². The Bertz CT molecular complexity index is 1060. The maximum atomic E-state index is 13.7. The van der Waals surface area contributed by atoms with E-state index >= 15 is 0 Å². The fraction of sp³-hybridized carbons (Fsp3) is 0.594. The molecule has 0 saturated carbocycles. The average molecular weight is 475 g/mol. The first-order chi connectivity index (χ1) is 16.2. The first-order valence-electron chi connectivity index (χ1n) is 13.4. The fourth-order valence-electron chi connectivity index (χ4n) is 6.27. The predicted molar refractivity (Wildman–Crippen MR) is 146 cm³/mol. The highest BCUT2D eigenvalue weighted by Crippen LogP contribution is 2.56. The number of benzene rings is 2. The van der Waals surface area contributed by atoms with Crippen LogP contribution >= 0.6 is 0 Å². The SMILES string of the molecule is CC1(C)CCC(C)(C)c2c1cc1c(c2NC(=O)c2[c]cc(CCCO)cc2)C(C)(C)CCC1(C)C. The topological polar surface area (TPSA) is 49.3 Å². The Hall–Kier alpha value is -2.13. The van der Waals surface area contributed by atoms with Gasteiger partial charge in [-0.2, -0.15) is 0 Å². The minimum atomic E-state index is -0.0901. The van der Waals surface area contributed by atoms with Gasteiger partial charge in [-0.1, -0.05) is 73.6 Å². The van der Waals surface area contributed by atoms with E-state index in [1.54, 1.807) is 0 Å². The molecule has 0 spiro atoms. The molecule has 2 aromatic rings. The van der Waals surface area contributed by atoms with E-state index in [1.165, 1.54) is 22.3 Å². The summed E-state index contributed by atoms with van der Waals surface area (Å²) < 4.78 is 0. The molecule has 189 valence electrons.